The van der Waals surface area contributed by atoms with E-state index in [1.165, 1.54) is 0 Å². The minimum Gasteiger partial charge on any atom is -0.480 e. The number of aliphatic carboxylic acids is 1. The second-order valence-electron chi connectivity index (χ2n) is 7.02. The van der Waals surface area contributed by atoms with Crippen LogP contribution in [0.15, 0.2) is 30.3 Å². The number of amides is 3. The van der Waals surface area contributed by atoms with Gasteiger partial charge in [-0.2, -0.15) is 12.6 Å². The number of carbonyl (C=O) groups is 4. The molecule has 1 aromatic rings. The van der Waals surface area contributed by atoms with Crippen molar-refractivity contribution in [3.63, 3.8) is 0 Å². The highest BCUT2D eigenvalue weighted by Crippen LogP contribution is 2.07. The molecule has 0 saturated carbocycles. The highest BCUT2D eigenvalue weighted by atomic mass is 32.1. The van der Waals surface area contributed by atoms with Gasteiger partial charge in [-0.25, -0.2) is 0 Å². The number of thiol groups is 1. The van der Waals surface area contributed by atoms with Crippen LogP contribution in [0.2, 0.25) is 0 Å². The number of carboxylic acids is 1. The van der Waals surface area contributed by atoms with Gasteiger partial charge in [0.05, 0.1) is 6.04 Å². The molecule has 1 aromatic carbocycles. The molecule has 9 nitrogen and oxygen atoms in total. The van der Waals surface area contributed by atoms with Crippen LogP contribution in [-0.2, 0) is 25.6 Å². The van der Waals surface area contributed by atoms with Gasteiger partial charge in [-0.1, -0.05) is 50.6 Å². The quantitative estimate of drug-likeness (QED) is 0.247. The third-order valence-electron chi connectivity index (χ3n) is 4.70. The first-order valence-electron chi connectivity index (χ1n) is 9.70. The number of rotatable bonds is 12. The van der Waals surface area contributed by atoms with Gasteiger partial charge in [0, 0.05) is 12.2 Å². The maximum Gasteiger partial charge on any atom is 0.322 e. The molecular formula is C20H30N4O5S. The summed E-state index contributed by atoms with van der Waals surface area (Å²) in [5.74, 6) is -3.00. The minimum atomic E-state index is -1.20. The third kappa shape index (κ3) is 8.42. The lowest BCUT2D eigenvalue weighted by molar-refractivity contribution is -0.138. The van der Waals surface area contributed by atoms with Crippen LogP contribution in [0.3, 0.4) is 0 Å². The lowest BCUT2D eigenvalue weighted by Gasteiger charge is -2.24. The molecule has 6 N–H and O–H groups in total. The van der Waals surface area contributed by atoms with Gasteiger partial charge >= 0.3 is 5.97 Å². The molecule has 4 atom stereocenters. The average molecular weight is 439 g/mol. The van der Waals surface area contributed by atoms with E-state index in [9.17, 15) is 19.2 Å². The summed E-state index contributed by atoms with van der Waals surface area (Å²) in [6, 6.07) is 6.16. The molecular weight excluding hydrogens is 408 g/mol. The summed E-state index contributed by atoms with van der Waals surface area (Å²) in [5.41, 5.74) is 6.68. The van der Waals surface area contributed by atoms with Gasteiger partial charge in [-0.3, -0.25) is 19.2 Å². The van der Waals surface area contributed by atoms with Crippen LogP contribution in [-0.4, -0.2) is 59.2 Å². The Balaban J connectivity index is 2.88. The first-order chi connectivity index (χ1) is 14.2. The van der Waals surface area contributed by atoms with Crippen molar-refractivity contribution in [3.8, 4) is 0 Å². The maximum atomic E-state index is 12.7. The molecule has 0 saturated heterocycles. The predicted molar refractivity (Wildman–Crippen MR) is 116 cm³/mol. The van der Waals surface area contributed by atoms with Gasteiger partial charge < -0.3 is 26.8 Å². The zero-order valence-corrected chi connectivity index (χ0v) is 18.0. The van der Waals surface area contributed by atoms with E-state index < -0.39 is 48.4 Å². The van der Waals surface area contributed by atoms with E-state index in [1.54, 1.807) is 24.3 Å². The Hall–Kier alpha value is -2.59. The van der Waals surface area contributed by atoms with Crippen LogP contribution in [0.25, 0.3) is 0 Å². The largest absolute Gasteiger partial charge is 0.480 e. The Labute approximate surface area is 181 Å². The average Bonchev–Trinajstić information content (AvgIpc) is 2.74. The lowest BCUT2D eigenvalue weighted by Crippen LogP contribution is -2.57. The number of nitrogens with one attached hydrogen (secondary N) is 3. The van der Waals surface area contributed by atoms with Crippen molar-refractivity contribution in [1.29, 1.82) is 0 Å². The van der Waals surface area contributed by atoms with Crippen LogP contribution in [0.1, 0.15) is 25.8 Å². The molecule has 0 aliphatic carbocycles. The van der Waals surface area contributed by atoms with Crippen LogP contribution in [0.5, 0.6) is 0 Å². The van der Waals surface area contributed by atoms with Gasteiger partial charge in [-0.05, 0) is 11.5 Å². The number of carbonyl (C=O) groups excluding carboxylic acids is 3. The number of carboxylic acid groups (broad SMARTS) is 1. The predicted octanol–water partition coefficient (Wildman–Crippen LogP) is -0.297. The molecule has 10 heteroatoms. The molecule has 166 valence electrons. The van der Waals surface area contributed by atoms with Crippen LogP contribution in [0.4, 0.5) is 0 Å². The summed E-state index contributed by atoms with van der Waals surface area (Å²) >= 11 is 4.12. The second-order valence-corrected chi connectivity index (χ2v) is 7.38. The molecule has 0 bridgehead atoms. The zero-order chi connectivity index (χ0) is 22.7. The standard InChI is InChI=1S/C20H30N4O5S/c1-3-12(2)17(21)20(29)24-15(11-30)19(28)23-14(18(27)22-10-16(25)26)9-13-7-5-4-6-8-13/h4-8,12,14-15,17,30H,3,9-11,21H2,1-2H3,(H,22,27)(H,23,28)(H,24,29)(H,25,26). The van der Waals surface area contributed by atoms with Crippen molar-refractivity contribution in [2.24, 2.45) is 11.7 Å². The van der Waals surface area contributed by atoms with Gasteiger partial charge in [0.25, 0.3) is 0 Å². The highest BCUT2D eigenvalue weighted by Gasteiger charge is 2.28. The highest BCUT2D eigenvalue weighted by molar-refractivity contribution is 7.80. The number of nitrogens with two attached hydrogens (primary N) is 1. The van der Waals surface area contributed by atoms with Gasteiger partial charge in [0.1, 0.15) is 18.6 Å². The maximum absolute atomic E-state index is 12.7. The first-order valence-corrected chi connectivity index (χ1v) is 10.3. The summed E-state index contributed by atoms with van der Waals surface area (Å²) in [6.07, 6.45) is 0.854. The topological polar surface area (TPSA) is 151 Å². The van der Waals surface area contributed by atoms with Gasteiger partial charge in [0.15, 0.2) is 0 Å². The SMILES string of the molecule is CCC(C)C(N)C(=O)NC(CS)C(=O)NC(Cc1ccccc1)C(=O)NCC(=O)O. The van der Waals surface area contributed by atoms with Crippen LogP contribution < -0.4 is 21.7 Å². The van der Waals surface area contributed by atoms with Crippen LogP contribution >= 0.6 is 12.6 Å². The van der Waals surface area contributed by atoms with Gasteiger partial charge in [-0.15, -0.1) is 0 Å². The summed E-state index contributed by atoms with van der Waals surface area (Å²) in [6.45, 7) is 3.17. The molecule has 30 heavy (non-hydrogen) atoms. The Morgan fingerprint density at radius 2 is 1.63 bits per heavy atom. The van der Waals surface area contributed by atoms with E-state index in [0.717, 1.165) is 5.56 Å². The molecule has 0 radical (unpaired) electrons. The molecule has 4 unspecified atom stereocenters. The smallest absolute Gasteiger partial charge is 0.322 e. The van der Waals surface area contributed by atoms with E-state index in [-0.39, 0.29) is 18.1 Å². The third-order valence-corrected chi connectivity index (χ3v) is 5.07. The second kappa shape index (κ2) is 12.9. The van der Waals surface area contributed by atoms with E-state index in [1.807, 2.05) is 19.9 Å². The first kappa shape index (κ1) is 25.4. The summed E-state index contributed by atoms with van der Waals surface area (Å²) in [5, 5.41) is 16.2. The zero-order valence-electron chi connectivity index (χ0n) is 17.1. The van der Waals surface area contributed by atoms with Crippen LogP contribution in [0, 0.1) is 5.92 Å². The minimum absolute atomic E-state index is 0.000396. The number of hydrogen-bond acceptors (Lipinski definition) is 6. The summed E-state index contributed by atoms with van der Waals surface area (Å²) in [4.78, 5) is 48.2. The fraction of sp³-hybridized carbons (Fsp3) is 0.500. The van der Waals surface area contributed by atoms with Crippen molar-refractivity contribution < 1.29 is 24.3 Å². The molecule has 0 aromatic heterocycles. The van der Waals surface area contributed by atoms with E-state index >= 15 is 0 Å². The van der Waals surface area contributed by atoms with Crippen molar-refractivity contribution in [3.05, 3.63) is 35.9 Å². The van der Waals surface area contributed by atoms with E-state index in [0.29, 0.717) is 6.42 Å². The van der Waals surface area contributed by atoms with Crippen molar-refractivity contribution in [2.75, 3.05) is 12.3 Å². The molecule has 0 fully saturated rings. The molecule has 0 aliphatic rings. The Morgan fingerprint density at radius 1 is 1.03 bits per heavy atom. The monoisotopic (exact) mass is 438 g/mol. The van der Waals surface area contributed by atoms with Crippen molar-refractivity contribution >= 4 is 36.3 Å². The van der Waals surface area contributed by atoms with Crippen molar-refractivity contribution in [2.45, 2.75) is 44.8 Å². The fourth-order valence-corrected chi connectivity index (χ4v) is 2.85. The Kier molecular flexibility index (Phi) is 10.9. The fourth-order valence-electron chi connectivity index (χ4n) is 2.59. The lowest BCUT2D eigenvalue weighted by atomic mass is 9.99. The summed E-state index contributed by atoms with van der Waals surface area (Å²) in [7, 11) is 0. The molecule has 0 aliphatic heterocycles. The number of benzene rings is 1. The molecule has 0 spiro atoms. The van der Waals surface area contributed by atoms with Gasteiger partial charge in [0.2, 0.25) is 17.7 Å². The van der Waals surface area contributed by atoms with E-state index in [4.69, 9.17) is 10.8 Å². The van der Waals surface area contributed by atoms with Crippen molar-refractivity contribution in [1.82, 2.24) is 16.0 Å². The summed E-state index contributed by atoms with van der Waals surface area (Å²) < 4.78 is 0. The van der Waals surface area contributed by atoms with E-state index in [2.05, 4.69) is 28.6 Å². The Morgan fingerprint density at radius 3 is 2.17 bits per heavy atom. The Bertz CT molecular complexity index is 731. The normalized spacial score (nSPS) is 14.7. The molecule has 3 amide bonds. The molecule has 0 heterocycles. The number of hydrogen-bond donors (Lipinski definition) is 6. The molecule has 1 rings (SSSR count).